The number of aromatic amines is 1. The predicted octanol–water partition coefficient (Wildman–Crippen LogP) is 0.435. The number of rotatable bonds is 3. The van der Waals surface area contributed by atoms with E-state index >= 15 is 0 Å². The Morgan fingerprint density at radius 3 is 2.81 bits per heavy atom. The van der Waals surface area contributed by atoms with Crippen LogP contribution in [0.15, 0.2) is 9.82 Å². The highest BCUT2D eigenvalue weighted by atomic mass is 32.2. The molecular formula is C13H17N3O4S. The van der Waals surface area contributed by atoms with E-state index in [9.17, 15) is 14.4 Å². The van der Waals surface area contributed by atoms with Crippen LogP contribution in [0.2, 0.25) is 0 Å². The maximum absolute atomic E-state index is 12.6. The molecule has 2 heterocycles. The third kappa shape index (κ3) is 3.10. The number of nitrogens with one attached hydrogen (secondary N) is 1. The fourth-order valence-corrected chi connectivity index (χ4v) is 3.04. The first kappa shape index (κ1) is 15.6. The summed E-state index contributed by atoms with van der Waals surface area (Å²) < 4.78 is 4.71. The van der Waals surface area contributed by atoms with E-state index in [1.165, 1.54) is 18.9 Å². The van der Waals surface area contributed by atoms with E-state index in [2.05, 4.69) is 9.97 Å². The Hall–Kier alpha value is -1.83. The van der Waals surface area contributed by atoms with E-state index in [0.717, 1.165) is 0 Å². The summed E-state index contributed by atoms with van der Waals surface area (Å²) in [6.07, 6.45) is 2.35. The van der Waals surface area contributed by atoms with Gasteiger partial charge in [0.05, 0.1) is 18.6 Å². The van der Waals surface area contributed by atoms with E-state index < -0.39 is 5.69 Å². The van der Waals surface area contributed by atoms with Crippen LogP contribution < -0.4 is 5.69 Å². The van der Waals surface area contributed by atoms with Crippen molar-refractivity contribution in [3.8, 4) is 0 Å². The van der Waals surface area contributed by atoms with Crippen molar-refractivity contribution in [2.24, 2.45) is 5.92 Å². The predicted molar refractivity (Wildman–Crippen MR) is 77.4 cm³/mol. The molecule has 1 N–H and O–H groups in total. The first-order chi connectivity index (χ1) is 9.97. The van der Waals surface area contributed by atoms with Crippen LogP contribution >= 0.6 is 11.8 Å². The van der Waals surface area contributed by atoms with Crippen molar-refractivity contribution in [1.29, 1.82) is 0 Å². The second-order valence-electron chi connectivity index (χ2n) is 4.81. The monoisotopic (exact) mass is 311 g/mol. The zero-order valence-corrected chi connectivity index (χ0v) is 13.0. The lowest BCUT2D eigenvalue weighted by molar-refractivity contribution is -0.144. The highest BCUT2D eigenvalue weighted by molar-refractivity contribution is 7.98. The van der Waals surface area contributed by atoms with E-state index in [0.29, 0.717) is 35.8 Å². The van der Waals surface area contributed by atoms with Gasteiger partial charge in [-0.05, 0) is 19.6 Å². The molecule has 0 aromatic carbocycles. The lowest BCUT2D eigenvalue weighted by atomic mass is 10.1. The Morgan fingerprint density at radius 1 is 1.48 bits per heavy atom. The number of carbonyl (C=O) groups excluding carboxylic acids is 2. The molecule has 1 aliphatic rings. The second-order valence-corrected chi connectivity index (χ2v) is 5.61. The molecule has 1 saturated heterocycles. The van der Waals surface area contributed by atoms with E-state index in [-0.39, 0.29) is 17.8 Å². The van der Waals surface area contributed by atoms with Crippen molar-refractivity contribution >= 4 is 23.6 Å². The number of nitrogens with zero attached hydrogens (tertiary/aromatic N) is 2. The van der Waals surface area contributed by atoms with Gasteiger partial charge >= 0.3 is 11.7 Å². The number of methoxy groups -OCH3 is 1. The topological polar surface area (TPSA) is 92.4 Å². The number of hydrogen-bond donors (Lipinski definition) is 1. The minimum atomic E-state index is -0.470. The van der Waals surface area contributed by atoms with Crippen LogP contribution in [0.4, 0.5) is 0 Å². The van der Waals surface area contributed by atoms with Gasteiger partial charge in [-0.1, -0.05) is 0 Å². The largest absolute Gasteiger partial charge is 0.469 e. The number of H-pyrrole nitrogens is 1. The fourth-order valence-electron chi connectivity index (χ4n) is 2.42. The molecule has 2 rings (SSSR count). The van der Waals surface area contributed by atoms with Crippen LogP contribution in [0.1, 0.15) is 22.5 Å². The number of hydrogen-bond acceptors (Lipinski definition) is 6. The van der Waals surface area contributed by atoms with Crippen LogP contribution in [-0.4, -0.2) is 53.2 Å². The minimum Gasteiger partial charge on any atom is -0.469 e. The van der Waals surface area contributed by atoms with Crippen LogP contribution in [0.25, 0.3) is 0 Å². The molecule has 1 unspecified atom stereocenters. The SMILES string of the molecule is COC(=O)C1CCN(C(=O)c2c(SC)nc(=O)[nH]c2C)C1. The number of aromatic nitrogens is 2. The average molecular weight is 311 g/mol. The summed E-state index contributed by atoms with van der Waals surface area (Å²) in [7, 11) is 1.34. The molecule has 7 nitrogen and oxygen atoms in total. The van der Waals surface area contributed by atoms with Gasteiger partial charge in [-0.25, -0.2) is 4.79 Å². The lowest BCUT2D eigenvalue weighted by Gasteiger charge is -2.18. The van der Waals surface area contributed by atoms with Crippen molar-refractivity contribution in [1.82, 2.24) is 14.9 Å². The summed E-state index contributed by atoms with van der Waals surface area (Å²) in [5.74, 6) is -0.800. The van der Waals surface area contributed by atoms with Gasteiger partial charge in [0.2, 0.25) is 0 Å². The first-order valence-corrected chi connectivity index (χ1v) is 7.72. The second kappa shape index (κ2) is 6.30. The molecule has 1 amide bonds. The summed E-state index contributed by atoms with van der Waals surface area (Å²) in [6.45, 7) is 2.49. The number of thioether (sulfide) groups is 1. The summed E-state index contributed by atoms with van der Waals surface area (Å²) in [6, 6.07) is 0. The van der Waals surface area contributed by atoms with Crippen molar-refractivity contribution in [3.05, 3.63) is 21.7 Å². The maximum Gasteiger partial charge on any atom is 0.346 e. The maximum atomic E-state index is 12.6. The van der Waals surface area contributed by atoms with Gasteiger partial charge in [0.1, 0.15) is 5.03 Å². The molecule has 1 aliphatic heterocycles. The number of ether oxygens (including phenoxy) is 1. The smallest absolute Gasteiger partial charge is 0.346 e. The molecule has 0 spiro atoms. The Bertz CT molecular complexity index is 628. The highest BCUT2D eigenvalue weighted by Gasteiger charge is 2.33. The fraction of sp³-hybridized carbons (Fsp3) is 0.538. The van der Waals surface area contributed by atoms with Crippen LogP contribution in [0.3, 0.4) is 0 Å². The molecule has 0 aliphatic carbocycles. The van der Waals surface area contributed by atoms with Crippen LogP contribution in [0, 0.1) is 12.8 Å². The average Bonchev–Trinajstić information content (AvgIpc) is 2.94. The molecule has 0 bridgehead atoms. The van der Waals surface area contributed by atoms with Crippen molar-refractivity contribution in [3.63, 3.8) is 0 Å². The van der Waals surface area contributed by atoms with E-state index in [1.54, 1.807) is 18.1 Å². The minimum absolute atomic E-state index is 0.216. The zero-order chi connectivity index (χ0) is 15.6. The number of likely N-dealkylation sites (tertiary alicyclic amines) is 1. The number of amides is 1. The quantitative estimate of drug-likeness (QED) is 0.494. The molecule has 21 heavy (non-hydrogen) atoms. The zero-order valence-electron chi connectivity index (χ0n) is 12.1. The van der Waals surface area contributed by atoms with Gasteiger partial charge in [0, 0.05) is 18.8 Å². The molecule has 1 atom stereocenters. The third-order valence-corrected chi connectivity index (χ3v) is 4.19. The van der Waals surface area contributed by atoms with E-state index in [4.69, 9.17) is 4.74 Å². The number of esters is 1. The van der Waals surface area contributed by atoms with Crippen molar-refractivity contribution in [2.45, 2.75) is 18.4 Å². The first-order valence-electron chi connectivity index (χ1n) is 6.50. The van der Waals surface area contributed by atoms with Gasteiger partial charge in [-0.15, -0.1) is 11.8 Å². The Balaban J connectivity index is 2.26. The van der Waals surface area contributed by atoms with Crippen molar-refractivity contribution < 1.29 is 14.3 Å². The summed E-state index contributed by atoms with van der Waals surface area (Å²) in [5, 5.41) is 0.405. The Morgan fingerprint density at radius 2 is 2.19 bits per heavy atom. The Labute approximate surface area is 126 Å². The molecule has 0 radical (unpaired) electrons. The molecule has 114 valence electrons. The van der Waals surface area contributed by atoms with Crippen LogP contribution in [0.5, 0.6) is 0 Å². The van der Waals surface area contributed by atoms with Gasteiger partial charge in [0.25, 0.3) is 5.91 Å². The van der Waals surface area contributed by atoms with Gasteiger partial charge < -0.3 is 14.6 Å². The molecule has 0 saturated carbocycles. The van der Waals surface area contributed by atoms with Gasteiger partial charge in [-0.3, -0.25) is 9.59 Å². The summed E-state index contributed by atoms with van der Waals surface area (Å²) in [4.78, 5) is 43.5. The number of carbonyl (C=O) groups is 2. The third-order valence-electron chi connectivity index (χ3n) is 3.50. The molecule has 1 aromatic heterocycles. The van der Waals surface area contributed by atoms with Crippen molar-refractivity contribution in [2.75, 3.05) is 26.5 Å². The van der Waals surface area contributed by atoms with Crippen LogP contribution in [-0.2, 0) is 9.53 Å². The summed E-state index contributed by atoms with van der Waals surface area (Å²) in [5.41, 5.74) is 0.417. The van der Waals surface area contributed by atoms with Gasteiger partial charge in [0.15, 0.2) is 0 Å². The highest BCUT2D eigenvalue weighted by Crippen LogP contribution is 2.24. The van der Waals surface area contributed by atoms with E-state index in [1.807, 2.05) is 0 Å². The standard InChI is InChI=1S/C13H17N3O4S/c1-7-9(10(21-3)15-13(19)14-7)11(17)16-5-4-8(6-16)12(18)20-2/h8H,4-6H2,1-3H3,(H,14,15,19). The molecule has 1 fully saturated rings. The molecule has 8 heteroatoms. The molecule has 1 aromatic rings. The lowest BCUT2D eigenvalue weighted by Crippen LogP contribution is -2.32. The van der Waals surface area contributed by atoms with Gasteiger partial charge in [-0.2, -0.15) is 4.98 Å². The normalized spacial score (nSPS) is 17.9. The Kier molecular flexibility index (Phi) is 4.66. The molecular weight excluding hydrogens is 294 g/mol. The number of aryl methyl sites for hydroxylation is 1. The summed E-state index contributed by atoms with van der Waals surface area (Å²) >= 11 is 1.25.